The number of carbonyl (C=O) groups is 2. The summed E-state index contributed by atoms with van der Waals surface area (Å²) in [4.78, 5) is 25.1. The number of rotatable bonds is 6. The summed E-state index contributed by atoms with van der Waals surface area (Å²) < 4.78 is 0. The molecular weight excluding hydrogens is 242 g/mol. The van der Waals surface area contributed by atoms with Gasteiger partial charge in [-0.15, -0.1) is 0 Å². The SMILES string of the molecule is CCCC(CN)C(=O)N1CCC(CNC(C)=O)CC1. The van der Waals surface area contributed by atoms with E-state index >= 15 is 0 Å². The van der Waals surface area contributed by atoms with E-state index in [0.29, 0.717) is 12.5 Å². The van der Waals surface area contributed by atoms with Crippen LogP contribution in [-0.4, -0.2) is 42.9 Å². The molecule has 1 heterocycles. The first kappa shape index (κ1) is 16.0. The molecule has 110 valence electrons. The lowest BCUT2D eigenvalue weighted by Gasteiger charge is -2.34. The number of nitrogens with zero attached hydrogens (tertiary/aromatic N) is 1. The quantitative estimate of drug-likeness (QED) is 0.746. The summed E-state index contributed by atoms with van der Waals surface area (Å²) in [6, 6.07) is 0. The number of hydrogen-bond donors (Lipinski definition) is 2. The Balaban J connectivity index is 2.36. The summed E-state index contributed by atoms with van der Waals surface area (Å²) in [5.74, 6) is 0.708. The zero-order valence-electron chi connectivity index (χ0n) is 12.2. The Morgan fingerprint density at radius 1 is 1.37 bits per heavy atom. The normalized spacial score (nSPS) is 18.2. The Kier molecular flexibility index (Phi) is 6.84. The van der Waals surface area contributed by atoms with Gasteiger partial charge in [-0.05, 0) is 25.2 Å². The van der Waals surface area contributed by atoms with E-state index in [1.165, 1.54) is 6.92 Å². The molecule has 0 aromatic heterocycles. The largest absolute Gasteiger partial charge is 0.356 e. The van der Waals surface area contributed by atoms with Gasteiger partial charge < -0.3 is 16.0 Å². The van der Waals surface area contributed by atoms with Crippen LogP contribution >= 0.6 is 0 Å². The van der Waals surface area contributed by atoms with Crippen molar-refractivity contribution in [3.63, 3.8) is 0 Å². The molecule has 1 aliphatic rings. The van der Waals surface area contributed by atoms with Crippen LogP contribution in [0.4, 0.5) is 0 Å². The summed E-state index contributed by atoms with van der Waals surface area (Å²) in [6.45, 7) is 6.38. The Hall–Kier alpha value is -1.10. The summed E-state index contributed by atoms with van der Waals surface area (Å²) in [5, 5.41) is 2.85. The van der Waals surface area contributed by atoms with Crippen molar-refractivity contribution in [3.8, 4) is 0 Å². The van der Waals surface area contributed by atoms with E-state index in [4.69, 9.17) is 5.73 Å². The van der Waals surface area contributed by atoms with Crippen molar-refractivity contribution in [2.24, 2.45) is 17.6 Å². The molecular formula is C14H27N3O2. The lowest BCUT2D eigenvalue weighted by atomic mass is 9.94. The van der Waals surface area contributed by atoms with E-state index < -0.39 is 0 Å². The Morgan fingerprint density at radius 3 is 2.47 bits per heavy atom. The number of amides is 2. The van der Waals surface area contributed by atoms with Gasteiger partial charge in [-0.3, -0.25) is 9.59 Å². The Morgan fingerprint density at radius 2 is 2.00 bits per heavy atom. The number of likely N-dealkylation sites (tertiary alicyclic amines) is 1. The molecule has 0 radical (unpaired) electrons. The number of nitrogens with one attached hydrogen (secondary N) is 1. The Bertz CT molecular complexity index is 299. The van der Waals surface area contributed by atoms with Crippen LogP contribution in [0, 0.1) is 11.8 Å². The number of carbonyl (C=O) groups excluding carboxylic acids is 2. The summed E-state index contributed by atoms with van der Waals surface area (Å²) in [5.41, 5.74) is 5.68. The molecule has 5 nitrogen and oxygen atoms in total. The van der Waals surface area contributed by atoms with Crippen LogP contribution in [0.5, 0.6) is 0 Å². The van der Waals surface area contributed by atoms with E-state index in [-0.39, 0.29) is 17.7 Å². The van der Waals surface area contributed by atoms with Gasteiger partial charge in [0.15, 0.2) is 0 Å². The molecule has 1 atom stereocenters. The third kappa shape index (κ3) is 5.19. The van der Waals surface area contributed by atoms with Crippen LogP contribution in [0.15, 0.2) is 0 Å². The van der Waals surface area contributed by atoms with Crippen LogP contribution in [0.1, 0.15) is 39.5 Å². The molecule has 1 aliphatic heterocycles. The second kappa shape index (κ2) is 8.15. The predicted octanol–water partition coefficient (Wildman–Crippen LogP) is 0.736. The smallest absolute Gasteiger partial charge is 0.226 e. The highest BCUT2D eigenvalue weighted by Crippen LogP contribution is 2.19. The Labute approximate surface area is 115 Å². The summed E-state index contributed by atoms with van der Waals surface area (Å²) >= 11 is 0. The van der Waals surface area contributed by atoms with Gasteiger partial charge in [-0.2, -0.15) is 0 Å². The van der Waals surface area contributed by atoms with Gasteiger partial charge in [-0.25, -0.2) is 0 Å². The van der Waals surface area contributed by atoms with E-state index in [1.54, 1.807) is 0 Å². The highest BCUT2D eigenvalue weighted by atomic mass is 16.2. The molecule has 0 aromatic rings. The van der Waals surface area contributed by atoms with Gasteiger partial charge in [0.2, 0.25) is 11.8 Å². The van der Waals surface area contributed by atoms with Crippen LogP contribution in [0.3, 0.4) is 0 Å². The van der Waals surface area contributed by atoms with E-state index in [1.807, 2.05) is 4.90 Å². The second-order valence-electron chi connectivity index (χ2n) is 5.43. The van der Waals surface area contributed by atoms with E-state index in [0.717, 1.165) is 45.3 Å². The zero-order valence-corrected chi connectivity index (χ0v) is 12.2. The molecule has 0 aromatic carbocycles. The van der Waals surface area contributed by atoms with Gasteiger partial charge in [0.05, 0.1) is 5.92 Å². The molecule has 1 rings (SSSR count). The number of piperidine rings is 1. The molecule has 5 heteroatoms. The molecule has 1 saturated heterocycles. The maximum Gasteiger partial charge on any atom is 0.226 e. The van der Waals surface area contributed by atoms with Crippen LogP contribution in [0.2, 0.25) is 0 Å². The molecule has 0 saturated carbocycles. The minimum atomic E-state index is -0.0168. The molecule has 3 N–H and O–H groups in total. The van der Waals surface area contributed by atoms with Gasteiger partial charge in [0, 0.05) is 33.1 Å². The van der Waals surface area contributed by atoms with Gasteiger partial charge in [0.1, 0.15) is 0 Å². The lowest BCUT2D eigenvalue weighted by molar-refractivity contribution is -0.137. The molecule has 2 amide bonds. The summed E-state index contributed by atoms with van der Waals surface area (Å²) in [6.07, 6.45) is 3.80. The first-order chi connectivity index (χ1) is 9.08. The van der Waals surface area contributed by atoms with E-state index in [2.05, 4.69) is 12.2 Å². The van der Waals surface area contributed by atoms with Gasteiger partial charge in [-0.1, -0.05) is 13.3 Å². The van der Waals surface area contributed by atoms with Crippen molar-refractivity contribution in [1.29, 1.82) is 0 Å². The third-order valence-electron chi connectivity index (χ3n) is 3.84. The number of nitrogens with two attached hydrogens (primary N) is 1. The average molecular weight is 269 g/mol. The molecule has 0 aliphatic carbocycles. The molecule has 0 spiro atoms. The highest BCUT2D eigenvalue weighted by molar-refractivity contribution is 5.79. The second-order valence-corrected chi connectivity index (χ2v) is 5.43. The number of hydrogen-bond acceptors (Lipinski definition) is 3. The zero-order chi connectivity index (χ0) is 14.3. The van der Waals surface area contributed by atoms with Crippen molar-refractivity contribution >= 4 is 11.8 Å². The maximum atomic E-state index is 12.3. The van der Waals surface area contributed by atoms with Crippen molar-refractivity contribution in [2.75, 3.05) is 26.2 Å². The third-order valence-corrected chi connectivity index (χ3v) is 3.84. The fourth-order valence-corrected chi connectivity index (χ4v) is 2.59. The van der Waals surface area contributed by atoms with Gasteiger partial charge in [0.25, 0.3) is 0 Å². The fourth-order valence-electron chi connectivity index (χ4n) is 2.59. The van der Waals surface area contributed by atoms with Crippen molar-refractivity contribution < 1.29 is 9.59 Å². The van der Waals surface area contributed by atoms with Crippen LogP contribution in [-0.2, 0) is 9.59 Å². The minimum absolute atomic E-state index is 0.0168. The van der Waals surface area contributed by atoms with E-state index in [9.17, 15) is 9.59 Å². The average Bonchev–Trinajstić information content (AvgIpc) is 2.42. The van der Waals surface area contributed by atoms with Crippen molar-refractivity contribution in [1.82, 2.24) is 10.2 Å². The fraction of sp³-hybridized carbons (Fsp3) is 0.857. The summed E-state index contributed by atoms with van der Waals surface area (Å²) in [7, 11) is 0. The van der Waals surface area contributed by atoms with Gasteiger partial charge >= 0.3 is 0 Å². The topological polar surface area (TPSA) is 75.4 Å². The maximum absolute atomic E-state index is 12.3. The molecule has 1 unspecified atom stereocenters. The highest BCUT2D eigenvalue weighted by Gasteiger charge is 2.26. The van der Waals surface area contributed by atoms with Crippen molar-refractivity contribution in [3.05, 3.63) is 0 Å². The standard InChI is InChI=1S/C14H27N3O2/c1-3-4-13(9-15)14(19)17-7-5-12(6-8-17)10-16-11(2)18/h12-13H,3-10,15H2,1-2H3,(H,16,18). The molecule has 1 fully saturated rings. The predicted molar refractivity (Wildman–Crippen MR) is 75.4 cm³/mol. The molecule has 19 heavy (non-hydrogen) atoms. The molecule has 0 bridgehead atoms. The monoisotopic (exact) mass is 269 g/mol. The van der Waals surface area contributed by atoms with Crippen molar-refractivity contribution in [2.45, 2.75) is 39.5 Å². The first-order valence-electron chi connectivity index (χ1n) is 7.31. The van der Waals surface area contributed by atoms with Crippen LogP contribution < -0.4 is 11.1 Å². The first-order valence-corrected chi connectivity index (χ1v) is 7.31. The lowest BCUT2D eigenvalue weighted by Crippen LogP contribution is -2.45. The minimum Gasteiger partial charge on any atom is -0.356 e. The van der Waals surface area contributed by atoms with Crippen LogP contribution in [0.25, 0.3) is 0 Å².